The largest absolute Gasteiger partial charge is 0.463 e. The second-order valence-electron chi connectivity index (χ2n) is 9.88. The average molecular weight is 571 g/mol. The summed E-state index contributed by atoms with van der Waals surface area (Å²) in [6, 6.07) is 14.5. The van der Waals surface area contributed by atoms with Gasteiger partial charge in [0.05, 0.1) is 0 Å². The van der Waals surface area contributed by atoms with Crippen molar-refractivity contribution in [2.24, 2.45) is 0 Å². The Kier molecular flexibility index (Phi) is 9.52. The molecule has 2 aromatic rings. The van der Waals surface area contributed by atoms with E-state index < -0.39 is 54.4 Å². The lowest BCUT2D eigenvalue weighted by Gasteiger charge is -2.44. The normalized spacial score (nSPS) is 25.4. The monoisotopic (exact) mass is 570 g/mol. The molecule has 1 saturated heterocycles. The first-order valence-electron chi connectivity index (χ1n) is 13.2. The summed E-state index contributed by atoms with van der Waals surface area (Å²) in [6.07, 6.45) is -4.45. The summed E-state index contributed by atoms with van der Waals surface area (Å²) < 4.78 is 28.3. The van der Waals surface area contributed by atoms with E-state index >= 15 is 0 Å². The Labute approximate surface area is 237 Å². The number of thioether (sulfide) groups is 1. The van der Waals surface area contributed by atoms with Crippen molar-refractivity contribution >= 4 is 35.6 Å². The van der Waals surface area contributed by atoms with Crippen LogP contribution in [0.5, 0.6) is 0 Å². The van der Waals surface area contributed by atoms with Crippen molar-refractivity contribution < 1.29 is 42.9 Å². The average Bonchev–Trinajstić information content (AvgIpc) is 3.32. The fraction of sp³-hybridized carbons (Fsp3) is 0.467. The fourth-order valence-corrected chi connectivity index (χ4v) is 6.42. The Morgan fingerprint density at radius 1 is 0.800 bits per heavy atom. The van der Waals surface area contributed by atoms with Gasteiger partial charge in [0.25, 0.3) is 0 Å². The van der Waals surface area contributed by atoms with Gasteiger partial charge in [0, 0.05) is 44.3 Å². The van der Waals surface area contributed by atoms with E-state index in [1.165, 1.54) is 38.8 Å². The number of carbonyl (C=O) groups is 4. The lowest BCUT2D eigenvalue weighted by molar-refractivity contribution is -0.254. The molecule has 0 amide bonds. The molecule has 0 spiro atoms. The maximum absolute atomic E-state index is 12.2. The van der Waals surface area contributed by atoms with Crippen molar-refractivity contribution in [1.29, 1.82) is 0 Å². The van der Waals surface area contributed by atoms with Crippen molar-refractivity contribution in [3.05, 3.63) is 64.7 Å². The summed E-state index contributed by atoms with van der Waals surface area (Å²) in [4.78, 5) is 49.2. The third-order valence-corrected chi connectivity index (χ3v) is 8.11. The summed E-state index contributed by atoms with van der Waals surface area (Å²) in [6.45, 7) is 6.76. The van der Waals surface area contributed by atoms with Crippen LogP contribution in [0.25, 0.3) is 0 Å². The number of ether oxygens (including phenoxy) is 5. The summed E-state index contributed by atoms with van der Waals surface area (Å²) in [5.41, 5.74) is 4.26. The lowest BCUT2D eigenvalue weighted by Crippen LogP contribution is -2.59. The first-order valence-corrected chi connectivity index (χ1v) is 14.2. The van der Waals surface area contributed by atoms with Crippen molar-refractivity contribution in [3.8, 4) is 0 Å². The van der Waals surface area contributed by atoms with E-state index in [1.807, 2.05) is 18.2 Å². The molecule has 2 aliphatic heterocycles. The smallest absolute Gasteiger partial charge is 0.303 e. The highest BCUT2D eigenvalue weighted by Gasteiger charge is 2.52. The van der Waals surface area contributed by atoms with Crippen LogP contribution in [0.3, 0.4) is 0 Å². The Balaban J connectivity index is 1.76. The number of fused-ring (bicyclic) bond motifs is 1. The minimum atomic E-state index is -1.20. The molecule has 0 saturated carbocycles. The number of benzene rings is 2. The summed E-state index contributed by atoms with van der Waals surface area (Å²) in [5.74, 6) is -1.47. The molecule has 10 heteroatoms. The molecule has 1 fully saturated rings. The van der Waals surface area contributed by atoms with Gasteiger partial charge in [-0.05, 0) is 34.7 Å². The molecule has 6 atom stereocenters. The van der Waals surface area contributed by atoms with E-state index in [2.05, 4.69) is 31.2 Å². The molecule has 214 valence electrons. The molecule has 6 unspecified atom stereocenters. The maximum atomic E-state index is 12.2. The van der Waals surface area contributed by atoms with Gasteiger partial charge in [-0.1, -0.05) is 43.3 Å². The molecule has 2 aliphatic rings. The zero-order chi connectivity index (χ0) is 29.0. The molecule has 0 bridgehead atoms. The quantitative estimate of drug-likeness (QED) is 0.336. The topological polar surface area (TPSA) is 114 Å². The van der Waals surface area contributed by atoms with Crippen LogP contribution in [0, 0.1) is 0 Å². The van der Waals surface area contributed by atoms with E-state index in [9.17, 15) is 19.2 Å². The Hall–Kier alpha value is -3.37. The number of hydrogen-bond acceptors (Lipinski definition) is 10. The van der Waals surface area contributed by atoms with Crippen LogP contribution in [0.2, 0.25) is 0 Å². The van der Waals surface area contributed by atoms with Gasteiger partial charge in [-0.2, -0.15) is 0 Å². The highest BCUT2D eigenvalue weighted by molar-refractivity contribution is 7.99. The number of rotatable bonds is 8. The zero-order valence-corrected chi connectivity index (χ0v) is 24.0. The van der Waals surface area contributed by atoms with Gasteiger partial charge in [-0.25, -0.2) is 0 Å². The van der Waals surface area contributed by atoms with Gasteiger partial charge < -0.3 is 23.7 Å². The number of hydrogen-bond donors (Lipinski definition) is 0. The van der Waals surface area contributed by atoms with Crippen LogP contribution in [0.4, 0.5) is 0 Å². The van der Waals surface area contributed by atoms with Gasteiger partial charge >= 0.3 is 23.9 Å². The van der Waals surface area contributed by atoms with Crippen molar-refractivity contribution in [2.45, 2.75) is 82.4 Å². The van der Waals surface area contributed by atoms with E-state index in [0.29, 0.717) is 5.56 Å². The maximum Gasteiger partial charge on any atom is 0.303 e. The lowest BCUT2D eigenvalue weighted by atomic mass is 9.87. The van der Waals surface area contributed by atoms with Crippen molar-refractivity contribution in [2.75, 3.05) is 12.4 Å². The van der Waals surface area contributed by atoms with E-state index in [1.54, 1.807) is 11.8 Å². The molecular weight excluding hydrogens is 536 g/mol. The van der Waals surface area contributed by atoms with Gasteiger partial charge in [0.15, 0.2) is 18.3 Å². The Morgan fingerprint density at radius 3 is 2.00 bits per heavy atom. The molecule has 0 radical (unpaired) electrons. The van der Waals surface area contributed by atoms with Crippen molar-refractivity contribution in [1.82, 2.24) is 0 Å². The number of esters is 4. The third kappa shape index (κ3) is 6.85. The minimum absolute atomic E-state index is 0.150. The molecule has 0 N–H and O–H groups in total. The van der Waals surface area contributed by atoms with Crippen LogP contribution >= 0.6 is 11.8 Å². The van der Waals surface area contributed by atoms with E-state index in [4.69, 9.17) is 23.7 Å². The molecule has 4 rings (SSSR count). The molecule has 2 aromatic carbocycles. The molecule has 40 heavy (non-hydrogen) atoms. The highest BCUT2D eigenvalue weighted by atomic mass is 32.2. The molecular formula is C30H34O9S. The van der Waals surface area contributed by atoms with Gasteiger partial charge in [0.2, 0.25) is 0 Å². The first-order chi connectivity index (χ1) is 19.1. The fourth-order valence-electron chi connectivity index (χ4n) is 5.17. The molecule has 9 nitrogen and oxygen atoms in total. The molecule has 0 aliphatic carbocycles. The second-order valence-corrected chi connectivity index (χ2v) is 10.9. The van der Waals surface area contributed by atoms with E-state index in [0.717, 1.165) is 22.6 Å². The summed E-state index contributed by atoms with van der Waals surface area (Å²) >= 11 is 1.77. The van der Waals surface area contributed by atoms with Crippen LogP contribution in [-0.4, -0.2) is 60.7 Å². The number of aryl methyl sites for hydroxylation is 1. The van der Waals surface area contributed by atoms with Gasteiger partial charge in [-0.15, -0.1) is 11.8 Å². The molecule has 2 heterocycles. The number of carbonyl (C=O) groups excluding carboxylic acids is 4. The molecule has 0 aromatic heterocycles. The predicted octanol–water partition coefficient (Wildman–Crippen LogP) is 4.28. The predicted molar refractivity (Wildman–Crippen MR) is 146 cm³/mol. The zero-order valence-electron chi connectivity index (χ0n) is 23.2. The standard InChI is InChI=1S/C30H34O9S/c1-6-20-7-9-21(10-8-20)24-15-40-26-12-11-22(13-23(24)26)27-29(37-18(4)33)30(38-19(5)34)28(36-17(3)32)25(39-27)14-35-16(2)31/h7-13,24-25,27-30H,6,14-15H2,1-5H3. The van der Waals surface area contributed by atoms with Gasteiger partial charge in [-0.3, -0.25) is 19.2 Å². The Morgan fingerprint density at radius 2 is 1.40 bits per heavy atom. The first kappa shape index (κ1) is 29.6. The van der Waals surface area contributed by atoms with E-state index in [-0.39, 0.29) is 12.5 Å². The van der Waals surface area contributed by atoms with Crippen LogP contribution in [-0.2, 0) is 49.3 Å². The van der Waals surface area contributed by atoms with Crippen molar-refractivity contribution in [3.63, 3.8) is 0 Å². The van der Waals surface area contributed by atoms with Crippen LogP contribution in [0.15, 0.2) is 47.4 Å². The third-order valence-electron chi connectivity index (χ3n) is 6.92. The summed E-state index contributed by atoms with van der Waals surface area (Å²) in [5, 5.41) is 0. The Bertz CT molecular complexity index is 1260. The highest BCUT2D eigenvalue weighted by Crippen LogP contribution is 2.46. The summed E-state index contributed by atoms with van der Waals surface area (Å²) in [7, 11) is 0. The van der Waals surface area contributed by atoms with Gasteiger partial charge in [0.1, 0.15) is 18.8 Å². The minimum Gasteiger partial charge on any atom is -0.463 e. The SMILES string of the molecule is CCc1ccc(C2CSc3ccc(C4OC(COC(C)=O)C(OC(C)=O)C(OC(C)=O)C4OC(C)=O)cc32)cc1. The van der Waals surface area contributed by atoms with Crippen LogP contribution < -0.4 is 0 Å². The second kappa shape index (κ2) is 12.9. The van der Waals surface area contributed by atoms with Crippen LogP contribution in [0.1, 0.15) is 68.9 Å².